The number of carbonyl (C=O) groups excluding carboxylic acids is 1. The summed E-state index contributed by atoms with van der Waals surface area (Å²) in [6, 6.07) is -0.483. The number of rotatable bonds is 1. The molecular formula is C13H22N4O4. The minimum absolute atomic E-state index is 0.263. The Morgan fingerprint density at radius 2 is 2.05 bits per heavy atom. The fraction of sp³-hybridized carbons (Fsp3) is 0.923. The molecule has 3 atom stereocenters. The van der Waals surface area contributed by atoms with Crippen molar-refractivity contribution in [3.8, 4) is 0 Å². The molecule has 0 aromatic carbocycles. The predicted molar refractivity (Wildman–Crippen MR) is 74.6 cm³/mol. The maximum Gasteiger partial charge on any atom is 0.410 e. The standard InChI is InChI=1S/C13H22N4O4/c1-12(2,3)21-11(18)17-6-8(15-16-14)10-9(7-17)19-13(4,5)20-10/h8-10H,6-7H2,1-5H3/t8?,9-,10+/m0/s1. The zero-order valence-electron chi connectivity index (χ0n) is 13.1. The Balaban J connectivity index is 2.14. The van der Waals surface area contributed by atoms with Crippen LogP contribution >= 0.6 is 0 Å². The summed E-state index contributed by atoms with van der Waals surface area (Å²) in [6.45, 7) is 9.65. The van der Waals surface area contributed by atoms with Gasteiger partial charge in [-0.1, -0.05) is 5.11 Å². The van der Waals surface area contributed by atoms with Crippen molar-refractivity contribution < 1.29 is 19.0 Å². The van der Waals surface area contributed by atoms with Crippen LogP contribution in [0, 0.1) is 0 Å². The molecule has 0 radical (unpaired) electrons. The maximum atomic E-state index is 12.2. The van der Waals surface area contributed by atoms with Gasteiger partial charge in [0.15, 0.2) is 5.79 Å². The molecule has 0 aliphatic carbocycles. The van der Waals surface area contributed by atoms with Crippen LogP contribution in [0.3, 0.4) is 0 Å². The summed E-state index contributed by atoms with van der Waals surface area (Å²) in [7, 11) is 0. The largest absolute Gasteiger partial charge is 0.444 e. The monoisotopic (exact) mass is 298 g/mol. The van der Waals surface area contributed by atoms with Crippen molar-refractivity contribution in [3.05, 3.63) is 10.4 Å². The molecule has 8 nitrogen and oxygen atoms in total. The molecule has 2 fully saturated rings. The number of likely N-dealkylation sites (tertiary alicyclic amines) is 1. The molecule has 21 heavy (non-hydrogen) atoms. The highest BCUT2D eigenvalue weighted by atomic mass is 16.8. The second kappa shape index (κ2) is 5.36. The Morgan fingerprint density at radius 1 is 1.38 bits per heavy atom. The van der Waals surface area contributed by atoms with Gasteiger partial charge in [0.2, 0.25) is 0 Å². The molecule has 0 bridgehead atoms. The van der Waals surface area contributed by atoms with Gasteiger partial charge in [0, 0.05) is 11.5 Å². The number of hydrogen-bond acceptors (Lipinski definition) is 5. The third kappa shape index (κ3) is 3.78. The smallest absolute Gasteiger partial charge is 0.410 e. The van der Waals surface area contributed by atoms with E-state index in [1.165, 1.54) is 4.90 Å². The fourth-order valence-electron chi connectivity index (χ4n) is 2.60. The first kappa shape index (κ1) is 15.9. The molecule has 1 unspecified atom stereocenters. The third-order valence-electron chi connectivity index (χ3n) is 3.26. The van der Waals surface area contributed by atoms with Gasteiger partial charge in [0.1, 0.15) is 11.7 Å². The van der Waals surface area contributed by atoms with Crippen molar-refractivity contribution >= 4 is 6.09 Å². The SMILES string of the molecule is CC(C)(C)OC(=O)N1CC(N=[N+]=[N-])[C@H]2OC(C)(C)O[C@H]2C1. The maximum absolute atomic E-state index is 12.2. The average Bonchev–Trinajstić information content (AvgIpc) is 2.61. The van der Waals surface area contributed by atoms with Crippen LogP contribution in [0.5, 0.6) is 0 Å². The molecule has 2 saturated heterocycles. The Morgan fingerprint density at radius 3 is 2.62 bits per heavy atom. The van der Waals surface area contributed by atoms with Gasteiger partial charge in [-0.2, -0.15) is 0 Å². The first-order chi connectivity index (χ1) is 9.61. The lowest BCUT2D eigenvalue weighted by Gasteiger charge is -2.37. The molecule has 8 heteroatoms. The van der Waals surface area contributed by atoms with Gasteiger partial charge in [-0.25, -0.2) is 4.79 Å². The molecule has 0 spiro atoms. The third-order valence-corrected chi connectivity index (χ3v) is 3.26. The molecular weight excluding hydrogens is 276 g/mol. The normalized spacial score (nSPS) is 31.3. The van der Waals surface area contributed by atoms with Crippen LogP contribution in [0.15, 0.2) is 5.11 Å². The molecule has 0 saturated carbocycles. The van der Waals surface area contributed by atoms with Crippen LogP contribution in [0.25, 0.3) is 10.4 Å². The number of azide groups is 1. The highest BCUT2D eigenvalue weighted by Gasteiger charge is 2.50. The number of fused-ring (bicyclic) bond motifs is 1. The number of carbonyl (C=O) groups is 1. The average molecular weight is 298 g/mol. The van der Waals surface area contributed by atoms with Gasteiger partial charge >= 0.3 is 6.09 Å². The van der Waals surface area contributed by atoms with E-state index in [-0.39, 0.29) is 18.8 Å². The van der Waals surface area contributed by atoms with E-state index in [9.17, 15) is 4.79 Å². The number of piperidine rings is 1. The van der Waals surface area contributed by atoms with Crippen LogP contribution in [-0.4, -0.2) is 53.7 Å². The molecule has 2 heterocycles. The lowest BCUT2D eigenvalue weighted by molar-refractivity contribution is -0.145. The van der Waals surface area contributed by atoms with E-state index < -0.39 is 23.5 Å². The highest BCUT2D eigenvalue weighted by Crippen LogP contribution is 2.34. The van der Waals surface area contributed by atoms with E-state index in [1.807, 2.05) is 0 Å². The van der Waals surface area contributed by atoms with E-state index in [0.717, 1.165) is 0 Å². The predicted octanol–water partition coefficient (Wildman–Crippen LogP) is 2.44. The van der Waals surface area contributed by atoms with Crippen molar-refractivity contribution in [3.63, 3.8) is 0 Å². The van der Waals surface area contributed by atoms with Crippen molar-refractivity contribution in [2.45, 2.75) is 64.3 Å². The molecule has 2 aliphatic rings. The molecule has 0 aromatic rings. The zero-order valence-corrected chi connectivity index (χ0v) is 13.1. The zero-order chi connectivity index (χ0) is 15.8. The number of amides is 1. The van der Waals surface area contributed by atoms with Crippen molar-refractivity contribution in [1.29, 1.82) is 0 Å². The van der Waals surface area contributed by atoms with E-state index in [4.69, 9.17) is 19.7 Å². The van der Waals surface area contributed by atoms with Crippen LogP contribution in [0.2, 0.25) is 0 Å². The summed E-state index contributed by atoms with van der Waals surface area (Å²) in [5.41, 5.74) is 8.13. The number of nitrogens with zero attached hydrogens (tertiary/aromatic N) is 4. The number of ether oxygens (including phenoxy) is 3. The van der Waals surface area contributed by atoms with Crippen molar-refractivity contribution in [2.24, 2.45) is 5.11 Å². The minimum atomic E-state index is -0.748. The van der Waals surface area contributed by atoms with E-state index in [1.54, 1.807) is 34.6 Å². The minimum Gasteiger partial charge on any atom is -0.444 e. The first-order valence-electron chi connectivity index (χ1n) is 6.99. The summed E-state index contributed by atoms with van der Waals surface area (Å²) in [6.07, 6.45) is -1.10. The number of hydrogen-bond donors (Lipinski definition) is 0. The van der Waals surface area contributed by atoms with Crippen LogP contribution in [0.1, 0.15) is 34.6 Å². The summed E-state index contributed by atoms with van der Waals surface area (Å²) in [5.74, 6) is -0.748. The van der Waals surface area contributed by atoms with Gasteiger partial charge in [-0.05, 0) is 40.1 Å². The summed E-state index contributed by atoms with van der Waals surface area (Å²) in [5, 5.41) is 3.75. The van der Waals surface area contributed by atoms with E-state index in [2.05, 4.69) is 10.0 Å². The molecule has 0 N–H and O–H groups in total. The van der Waals surface area contributed by atoms with Crippen LogP contribution in [0.4, 0.5) is 4.79 Å². The van der Waals surface area contributed by atoms with Crippen molar-refractivity contribution in [2.75, 3.05) is 13.1 Å². The lowest BCUT2D eigenvalue weighted by atomic mass is 10.0. The molecule has 1 amide bonds. The molecule has 118 valence electrons. The topological polar surface area (TPSA) is 96.8 Å². The Hall–Kier alpha value is -1.50. The Labute approximate surface area is 124 Å². The summed E-state index contributed by atoms with van der Waals surface area (Å²) in [4.78, 5) is 16.5. The molecule has 2 rings (SSSR count). The second-order valence-corrected chi connectivity index (χ2v) is 6.80. The van der Waals surface area contributed by atoms with Crippen LogP contribution in [-0.2, 0) is 14.2 Å². The lowest BCUT2D eigenvalue weighted by Crippen LogP contribution is -2.55. The van der Waals surface area contributed by atoms with Gasteiger partial charge in [-0.15, -0.1) is 0 Å². The van der Waals surface area contributed by atoms with Crippen molar-refractivity contribution in [1.82, 2.24) is 4.90 Å². The second-order valence-electron chi connectivity index (χ2n) is 6.80. The fourth-order valence-corrected chi connectivity index (χ4v) is 2.60. The van der Waals surface area contributed by atoms with Gasteiger partial charge in [-0.3, -0.25) is 0 Å². The van der Waals surface area contributed by atoms with Gasteiger partial charge < -0.3 is 19.1 Å². The highest BCUT2D eigenvalue weighted by molar-refractivity contribution is 5.68. The Kier molecular flexibility index (Phi) is 4.06. The van der Waals surface area contributed by atoms with E-state index >= 15 is 0 Å². The van der Waals surface area contributed by atoms with Gasteiger partial charge in [0.05, 0.1) is 18.7 Å². The summed E-state index contributed by atoms with van der Waals surface area (Å²) < 4.78 is 16.9. The van der Waals surface area contributed by atoms with E-state index in [0.29, 0.717) is 6.54 Å². The van der Waals surface area contributed by atoms with Crippen LogP contribution < -0.4 is 0 Å². The summed E-state index contributed by atoms with van der Waals surface area (Å²) >= 11 is 0. The molecule has 2 aliphatic heterocycles. The van der Waals surface area contributed by atoms with Gasteiger partial charge in [0.25, 0.3) is 0 Å². The quantitative estimate of drug-likeness (QED) is 0.422. The molecule has 0 aromatic heterocycles. The Bertz CT molecular complexity index is 467. The first-order valence-corrected chi connectivity index (χ1v) is 6.99.